The van der Waals surface area contributed by atoms with Gasteiger partial charge in [-0.25, -0.2) is 0 Å². The molecule has 0 fully saturated rings. The van der Waals surface area contributed by atoms with E-state index in [2.05, 4.69) is 43.5 Å². The van der Waals surface area contributed by atoms with Crippen molar-refractivity contribution in [2.24, 2.45) is 0 Å². The molecule has 3 N–H and O–H groups in total. The average Bonchev–Trinajstić information content (AvgIpc) is 3.32. The summed E-state index contributed by atoms with van der Waals surface area (Å²) >= 11 is 0. The topological polar surface area (TPSA) is 95.9 Å². The lowest BCUT2D eigenvalue weighted by atomic mass is 10.0. The lowest BCUT2D eigenvalue weighted by molar-refractivity contribution is -0.143. The van der Waals surface area contributed by atoms with Gasteiger partial charge in [0.25, 0.3) is 0 Å². The fourth-order valence-corrected chi connectivity index (χ4v) is 9.16. The van der Waals surface area contributed by atoms with Crippen LogP contribution in [0.5, 0.6) is 0 Å². The molecule has 2 atom stereocenters. The number of nitrogens with one attached hydrogen (secondary N) is 1. The second-order valence-electron chi connectivity index (χ2n) is 20.3. The summed E-state index contributed by atoms with van der Waals surface area (Å²) < 4.78 is 5.48. The molecular weight excluding hydrogens is 815 g/mol. The molecule has 0 aliphatic heterocycles. The van der Waals surface area contributed by atoms with Crippen LogP contribution in [0.2, 0.25) is 0 Å². The quantitative estimate of drug-likeness (QED) is 0.0321. The van der Waals surface area contributed by atoms with E-state index in [0.29, 0.717) is 25.9 Å². The Bertz CT molecular complexity index is 1030. The fourth-order valence-electron chi connectivity index (χ4n) is 9.16. The van der Waals surface area contributed by atoms with Crippen molar-refractivity contribution in [2.45, 2.75) is 334 Å². The number of hydrogen-bond acceptors (Lipinski definition) is 5. The zero-order chi connectivity index (χ0) is 47.9. The number of aliphatic hydroxyl groups excluding tert-OH is 2. The molecule has 0 spiro atoms. The maximum Gasteiger partial charge on any atom is 0.305 e. The maximum absolute atomic E-state index is 12.5. The average molecular weight is 931 g/mol. The number of carbonyl (C=O) groups excluding carboxylic acids is 2. The molecule has 66 heavy (non-hydrogen) atoms. The van der Waals surface area contributed by atoms with Crippen molar-refractivity contribution in [1.29, 1.82) is 0 Å². The summed E-state index contributed by atoms with van der Waals surface area (Å²) in [6, 6.07) is -0.562. The summed E-state index contributed by atoms with van der Waals surface area (Å²) in [6.45, 7) is 4.92. The standard InChI is InChI=1S/C60H115NO5/c1-3-5-7-9-11-13-15-17-19-21-22-24-26-30-34-38-42-46-50-54-60(65)66-55-51-47-43-39-35-31-27-29-33-37-41-45-49-53-59(64)61-57(56-62)58(63)52-48-44-40-36-32-28-25-23-20-18-16-14-12-10-8-6-4-2/h17,19,29,33,57-58,62-63H,3-16,18,20-28,30-32,34-56H2,1-2H3,(H,61,64)/b19-17-,33-29-. The van der Waals surface area contributed by atoms with Crippen LogP contribution in [0.1, 0.15) is 322 Å². The molecule has 0 aliphatic rings. The molecule has 0 rings (SSSR count). The minimum atomic E-state index is -0.682. The van der Waals surface area contributed by atoms with Gasteiger partial charge in [0.1, 0.15) is 0 Å². The zero-order valence-corrected chi connectivity index (χ0v) is 44.4. The molecule has 2 unspecified atom stereocenters. The molecule has 1 amide bonds. The first-order valence-corrected chi connectivity index (χ1v) is 29.6. The van der Waals surface area contributed by atoms with Gasteiger partial charge in [-0.2, -0.15) is 0 Å². The second kappa shape index (κ2) is 55.9. The molecule has 0 saturated carbocycles. The monoisotopic (exact) mass is 930 g/mol. The fraction of sp³-hybridized carbons (Fsp3) is 0.900. The Morgan fingerprint density at radius 1 is 0.409 bits per heavy atom. The Kier molecular flexibility index (Phi) is 54.5. The smallest absolute Gasteiger partial charge is 0.305 e. The van der Waals surface area contributed by atoms with Crippen molar-refractivity contribution in [3.8, 4) is 0 Å². The summed E-state index contributed by atoms with van der Waals surface area (Å²) in [4.78, 5) is 24.6. The largest absolute Gasteiger partial charge is 0.466 e. The van der Waals surface area contributed by atoms with E-state index in [1.165, 1.54) is 218 Å². The molecule has 6 heteroatoms. The predicted octanol–water partition coefficient (Wildman–Crippen LogP) is 18.2. The van der Waals surface area contributed by atoms with Gasteiger partial charge in [-0.1, -0.05) is 256 Å². The van der Waals surface area contributed by atoms with E-state index in [1.807, 2.05) is 0 Å². The summed E-state index contributed by atoms with van der Waals surface area (Å²) in [5.41, 5.74) is 0. The van der Waals surface area contributed by atoms with Crippen LogP contribution in [-0.4, -0.2) is 47.4 Å². The van der Waals surface area contributed by atoms with Gasteiger partial charge in [0.2, 0.25) is 5.91 Å². The van der Waals surface area contributed by atoms with E-state index in [4.69, 9.17) is 4.74 Å². The number of unbranched alkanes of at least 4 members (excludes halogenated alkanes) is 40. The predicted molar refractivity (Wildman–Crippen MR) is 287 cm³/mol. The van der Waals surface area contributed by atoms with Gasteiger partial charge >= 0.3 is 5.97 Å². The van der Waals surface area contributed by atoms with Crippen LogP contribution in [0.4, 0.5) is 0 Å². The molecule has 0 heterocycles. The van der Waals surface area contributed by atoms with Crippen LogP contribution in [0, 0.1) is 0 Å². The Labute approximate surface area is 411 Å². The van der Waals surface area contributed by atoms with E-state index in [0.717, 1.165) is 70.6 Å². The van der Waals surface area contributed by atoms with E-state index < -0.39 is 12.1 Å². The van der Waals surface area contributed by atoms with Gasteiger partial charge in [0.15, 0.2) is 0 Å². The van der Waals surface area contributed by atoms with Crippen molar-refractivity contribution in [3.05, 3.63) is 24.3 Å². The molecule has 6 nitrogen and oxygen atoms in total. The molecule has 0 saturated heterocycles. The van der Waals surface area contributed by atoms with Crippen LogP contribution in [0.3, 0.4) is 0 Å². The van der Waals surface area contributed by atoms with Gasteiger partial charge in [-0.15, -0.1) is 0 Å². The van der Waals surface area contributed by atoms with Crippen molar-refractivity contribution >= 4 is 11.9 Å². The number of esters is 1. The van der Waals surface area contributed by atoms with Crippen LogP contribution < -0.4 is 5.32 Å². The third-order valence-electron chi connectivity index (χ3n) is 13.7. The molecule has 0 radical (unpaired) electrons. The highest BCUT2D eigenvalue weighted by Crippen LogP contribution is 2.17. The molecule has 0 aromatic rings. The number of allylic oxidation sites excluding steroid dienone is 4. The van der Waals surface area contributed by atoms with Crippen molar-refractivity contribution in [3.63, 3.8) is 0 Å². The molecule has 0 aliphatic carbocycles. The van der Waals surface area contributed by atoms with Crippen LogP contribution in [0.25, 0.3) is 0 Å². The Hall–Kier alpha value is -1.66. The molecule has 0 bridgehead atoms. The number of carbonyl (C=O) groups is 2. The zero-order valence-electron chi connectivity index (χ0n) is 44.4. The van der Waals surface area contributed by atoms with Crippen LogP contribution >= 0.6 is 0 Å². The highest BCUT2D eigenvalue weighted by atomic mass is 16.5. The highest BCUT2D eigenvalue weighted by Gasteiger charge is 2.20. The first-order chi connectivity index (χ1) is 32.5. The van der Waals surface area contributed by atoms with E-state index in [1.54, 1.807) is 0 Å². The Balaban J connectivity index is 3.47. The third kappa shape index (κ3) is 51.7. The van der Waals surface area contributed by atoms with Gasteiger partial charge in [-0.05, 0) is 77.0 Å². The Morgan fingerprint density at radius 2 is 0.712 bits per heavy atom. The molecular formula is C60H115NO5. The van der Waals surface area contributed by atoms with E-state index in [9.17, 15) is 19.8 Å². The highest BCUT2D eigenvalue weighted by molar-refractivity contribution is 5.76. The SMILES string of the molecule is CCCCCCCC/C=C\CCCCCCCCCCCC(=O)OCCCCCCCC/C=C\CCCCCC(=O)NC(CO)C(O)CCCCCCCCCCCCCCCCCCC. The van der Waals surface area contributed by atoms with E-state index in [-0.39, 0.29) is 18.5 Å². The normalized spacial score (nSPS) is 12.7. The molecule has 390 valence electrons. The van der Waals surface area contributed by atoms with Gasteiger partial charge in [-0.3, -0.25) is 9.59 Å². The first kappa shape index (κ1) is 64.3. The lowest BCUT2D eigenvalue weighted by Gasteiger charge is -2.22. The van der Waals surface area contributed by atoms with Gasteiger partial charge < -0.3 is 20.3 Å². The summed E-state index contributed by atoms with van der Waals surface area (Å²) in [6.07, 6.45) is 67.4. The van der Waals surface area contributed by atoms with Crippen LogP contribution in [-0.2, 0) is 14.3 Å². The summed E-state index contributed by atoms with van der Waals surface area (Å²) in [5.74, 6) is -0.0754. The summed E-state index contributed by atoms with van der Waals surface area (Å²) in [5, 5.41) is 23.3. The maximum atomic E-state index is 12.5. The number of hydrogen-bond donors (Lipinski definition) is 3. The molecule has 0 aromatic heterocycles. The first-order valence-electron chi connectivity index (χ1n) is 29.6. The minimum absolute atomic E-state index is 0.0125. The van der Waals surface area contributed by atoms with Crippen LogP contribution in [0.15, 0.2) is 24.3 Å². The van der Waals surface area contributed by atoms with Crippen molar-refractivity contribution < 1.29 is 24.5 Å². The number of rotatable bonds is 55. The second-order valence-corrected chi connectivity index (χ2v) is 20.3. The van der Waals surface area contributed by atoms with Gasteiger partial charge in [0, 0.05) is 12.8 Å². The van der Waals surface area contributed by atoms with Gasteiger partial charge in [0.05, 0.1) is 25.4 Å². The lowest BCUT2D eigenvalue weighted by Crippen LogP contribution is -2.45. The van der Waals surface area contributed by atoms with E-state index >= 15 is 0 Å². The minimum Gasteiger partial charge on any atom is -0.466 e. The number of ether oxygens (including phenoxy) is 1. The molecule has 0 aromatic carbocycles. The number of aliphatic hydroxyl groups is 2. The Morgan fingerprint density at radius 3 is 1.09 bits per heavy atom. The summed E-state index contributed by atoms with van der Waals surface area (Å²) in [7, 11) is 0. The third-order valence-corrected chi connectivity index (χ3v) is 13.7. The number of amides is 1. The van der Waals surface area contributed by atoms with Crippen molar-refractivity contribution in [2.75, 3.05) is 13.2 Å². The van der Waals surface area contributed by atoms with Crippen molar-refractivity contribution in [1.82, 2.24) is 5.32 Å².